The zero-order valence-corrected chi connectivity index (χ0v) is 11.9. The Morgan fingerprint density at radius 2 is 1.68 bits per heavy atom. The molecule has 19 heavy (non-hydrogen) atoms. The van der Waals surface area contributed by atoms with Crippen LogP contribution in [-0.4, -0.2) is 13.2 Å². The smallest absolute Gasteiger partial charge is 0.122 e. The number of rotatable bonds is 5. The first-order chi connectivity index (χ1) is 9.16. The van der Waals surface area contributed by atoms with E-state index >= 15 is 0 Å². The fourth-order valence-electron chi connectivity index (χ4n) is 1.91. The summed E-state index contributed by atoms with van der Waals surface area (Å²) in [5.41, 5.74) is 4.90. The maximum Gasteiger partial charge on any atom is 0.122 e. The van der Waals surface area contributed by atoms with Gasteiger partial charge in [0.2, 0.25) is 0 Å². The van der Waals surface area contributed by atoms with Crippen LogP contribution in [-0.2, 0) is 0 Å². The molecule has 0 saturated heterocycles. The van der Waals surface area contributed by atoms with Crippen LogP contribution in [0.3, 0.4) is 0 Å². The molecule has 2 heteroatoms. The molecule has 0 fully saturated rings. The maximum absolute atomic E-state index is 5.80. The minimum Gasteiger partial charge on any atom is -0.491 e. The van der Waals surface area contributed by atoms with Crippen molar-refractivity contribution in [2.75, 3.05) is 18.5 Å². The molecule has 0 aliphatic rings. The predicted molar refractivity (Wildman–Crippen MR) is 81.1 cm³/mol. The third-order valence-electron chi connectivity index (χ3n) is 3.30. The monoisotopic (exact) mass is 255 g/mol. The van der Waals surface area contributed by atoms with Gasteiger partial charge in [0.1, 0.15) is 12.4 Å². The summed E-state index contributed by atoms with van der Waals surface area (Å²) in [6, 6.07) is 14.5. The van der Waals surface area contributed by atoms with Crippen molar-refractivity contribution in [1.29, 1.82) is 0 Å². The van der Waals surface area contributed by atoms with Crippen LogP contribution < -0.4 is 10.1 Å². The summed E-state index contributed by atoms with van der Waals surface area (Å²) in [7, 11) is 0. The lowest BCUT2D eigenvalue weighted by Gasteiger charge is -2.12. The van der Waals surface area contributed by atoms with E-state index in [2.05, 4.69) is 56.4 Å². The van der Waals surface area contributed by atoms with Crippen LogP contribution >= 0.6 is 0 Å². The zero-order chi connectivity index (χ0) is 13.7. The second-order valence-corrected chi connectivity index (χ2v) is 4.84. The molecule has 2 aromatic carbocycles. The van der Waals surface area contributed by atoms with Gasteiger partial charge in [0.25, 0.3) is 0 Å². The number of ether oxygens (including phenoxy) is 1. The van der Waals surface area contributed by atoms with Gasteiger partial charge >= 0.3 is 0 Å². The molecule has 0 spiro atoms. The van der Waals surface area contributed by atoms with Gasteiger partial charge in [-0.2, -0.15) is 0 Å². The van der Waals surface area contributed by atoms with E-state index in [0.29, 0.717) is 6.61 Å². The van der Waals surface area contributed by atoms with Crippen LogP contribution in [0.25, 0.3) is 0 Å². The molecule has 0 heterocycles. The quantitative estimate of drug-likeness (QED) is 0.812. The van der Waals surface area contributed by atoms with Crippen LogP contribution in [0.5, 0.6) is 5.75 Å². The average Bonchev–Trinajstić information content (AvgIpc) is 2.41. The van der Waals surface area contributed by atoms with E-state index in [1.807, 2.05) is 12.1 Å². The Labute approximate surface area is 115 Å². The molecule has 2 rings (SSSR count). The minimum atomic E-state index is 0.665. The fourth-order valence-corrected chi connectivity index (χ4v) is 1.91. The number of hydrogen-bond acceptors (Lipinski definition) is 2. The largest absolute Gasteiger partial charge is 0.491 e. The Kier molecular flexibility index (Phi) is 4.45. The second kappa shape index (κ2) is 6.28. The summed E-state index contributed by atoms with van der Waals surface area (Å²) in [4.78, 5) is 0. The Hall–Kier alpha value is -1.96. The highest BCUT2D eigenvalue weighted by atomic mass is 16.5. The first-order valence-electron chi connectivity index (χ1n) is 6.66. The number of hydrogen-bond donors (Lipinski definition) is 1. The molecule has 100 valence electrons. The molecule has 0 amide bonds. The van der Waals surface area contributed by atoms with Gasteiger partial charge in [-0.05, 0) is 50.1 Å². The fraction of sp³-hybridized carbons (Fsp3) is 0.294. The van der Waals surface area contributed by atoms with Gasteiger partial charge in [-0.3, -0.25) is 0 Å². The molecule has 0 saturated carbocycles. The van der Waals surface area contributed by atoms with Crippen LogP contribution in [0.2, 0.25) is 0 Å². The number of nitrogens with one attached hydrogen (secondary N) is 1. The molecular weight excluding hydrogens is 234 g/mol. The topological polar surface area (TPSA) is 21.3 Å². The Bertz CT molecular complexity index is 531. The molecule has 0 bridgehead atoms. The van der Waals surface area contributed by atoms with Gasteiger partial charge in [0, 0.05) is 12.2 Å². The SMILES string of the molecule is Cc1ccc(NCCOc2cccc(C)c2C)cc1. The van der Waals surface area contributed by atoms with Gasteiger partial charge in [0.05, 0.1) is 0 Å². The third kappa shape index (κ3) is 3.75. The molecule has 0 aliphatic heterocycles. The van der Waals surface area contributed by atoms with Crippen LogP contribution in [0, 0.1) is 20.8 Å². The number of anilines is 1. The summed E-state index contributed by atoms with van der Waals surface area (Å²) < 4.78 is 5.80. The first-order valence-corrected chi connectivity index (χ1v) is 6.66. The summed E-state index contributed by atoms with van der Waals surface area (Å²) in [6.45, 7) is 7.76. The van der Waals surface area contributed by atoms with Crippen molar-refractivity contribution in [2.24, 2.45) is 0 Å². The summed E-state index contributed by atoms with van der Waals surface area (Å²) in [6.07, 6.45) is 0. The van der Waals surface area contributed by atoms with Crippen LogP contribution in [0.4, 0.5) is 5.69 Å². The standard InChI is InChI=1S/C17H21NO/c1-13-7-9-16(10-8-13)18-11-12-19-17-6-4-5-14(2)15(17)3/h4-10,18H,11-12H2,1-3H3. The summed E-state index contributed by atoms with van der Waals surface area (Å²) >= 11 is 0. The van der Waals surface area contributed by atoms with Crippen molar-refractivity contribution in [3.8, 4) is 5.75 Å². The molecule has 2 nitrogen and oxygen atoms in total. The number of aryl methyl sites for hydroxylation is 2. The zero-order valence-electron chi connectivity index (χ0n) is 11.9. The molecular formula is C17H21NO. The van der Waals surface area contributed by atoms with E-state index in [1.165, 1.54) is 16.7 Å². The Morgan fingerprint density at radius 3 is 2.42 bits per heavy atom. The molecule has 2 aromatic rings. The van der Waals surface area contributed by atoms with E-state index in [-0.39, 0.29) is 0 Å². The molecule has 0 unspecified atom stereocenters. The predicted octanol–water partition coefficient (Wildman–Crippen LogP) is 4.10. The molecule has 1 N–H and O–H groups in total. The van der Waals surface area contributed by atoms with Gasteiger partial charge in [-0.25, -0.2) is 0 Å². The summed E-state index contributed by atoms with van der Waals surface area (Å²) in [5.74, 6) is 0.978. The third-order valence-corrected chi connectivity index (χ3v) is 3.30. The van der Waals surface area contributed by atoms with Crippen molar-refractivity contribution in [3.63, 3.8) is 0 Å². The molecule has 0 radical (unpaired) electrons. The van der Waals surface area contributed by atoms with E-state index in [0.717, 1.165) is 18.0 Å². The second-order valence-electron chi connectivity index (χ2n) is 4.84. The van der Waals surface area contributed by atoms with Crippen molar-refractivity contribution in [2.45, 2.75) is 20.8 Å². The highest BCUT2D eigenvalue weighted by molar-refractivity contribution is 5.44. The van der Waals surface area contributed by atoms with Gasteiger partial charge < -0.3 is 10.1 Å². The van der Waals surface area contributed by atoms with Crippen molar-refractivity contribution in [1.82, 2.24) is 0 Å². The summed E-state index contributed by atoms with van der Waals surface area (Å²) in [5, 5.41) is 3.35. The first kappa shape index (κ1) is 13.5. The van der Waals surface area contributed by atoms with Gasteiger partial charge in [0.15, 0.2) is 0 Å². The highest BCUT2D eigenvalue weighted by Crippen LogP contribution is 2.20. The lowest BCUT2D eigenvalue weighted by molar-refractivity contribution is 0.330. The van der Waals surface area contributed by atoms with Crippen LogP contribution in [0.1, 0.15) is 16.7 Å². The Morgan fingerprint density at radius 1 is 0.947 bits per heavy atom. The van der Waals surface area contributed by atoms with E-state index in [1.54, 1.807) is 0 Å². The lowest BCUT2D eigenvalue weighted by Crippen LogP contribution is -2.12. The van der Waals surface area contributed by atoms with E-state index < -0.39 is 0 Å². The van der Waals surface area contributed by atoms with Crippen molar-refractivity contribution in [3.05, 3.63) is 59.2 Å². The highest BCUT2D eigenvalue weighted by Gasteiger charge is 2.01. The lowest BCUT2D eigenvalue weighted by atomic mass is 10.1. The normalized spacial score (nSPS) is 10.3. The van der Waals surface area contributed by atoms with Crippen molar-refractivity contribution < 1.29 is 4.74 Å². The Balaban J connectivity index is 1.81. The van der Waals surface area contributed by atoms with E-state index in [4.69, 9.17) is 4.74 Å². The van der Waals surface area contributed by atoms with E-state index in [9.17, 15) is 0 Å². The minimum absolute atomic E-state index is 0.665. The number of benzene rings is 2. The maximum atomic E-state index is 5.80. The molecule has 0 aromatic heterocycles. The van der Waals surface area contributed by atoms with Gasteiger partial charge in [-0.1, -0.05) is 29.8 Å². The molecule has 0 atom stereocenters. The average molecular weight is 255 g/mol. The van der Waals surface area contributed by atoms with Crippen molar-refractivity contribution >= 4 is 5.69 Å². The van der Waals surface area contributed by atoms with Crippen LogP contribution in [0.15, 0.2) is 42.5 Å². The molecule has 0 aliphatic carbocycles. The van der Waals surface area contributed by atoms with Gasteiger partial charge in [-0.15, -0.1) is 0 Å².